The Morgan fingerprint density at radius 2 is 1.95 bits per heavy atom. The van der Waals surface area contributed by atoms with Gasteiger partial charge in [-0.25, -0.2) is 0 Å². The third-order valence-electron chi connectivity index (χ3n) is 3.36. The number of hydrogen-bond acceptors (Lipinski definition) is 3. The maximum atomic E-state index is 12.4. The molecule has 1 fully saturated rings. The van der Waals surface area contributed by atoms with Gasteiger partial charge in [0.2, 0.25) is 5.91 Å². The first kappa shape index (κ1) is 18.2. The molecule has 1 N–H and O–H groups in total. The number of likely N-dealkylation sites (tertiary alicyclic amines) is 1. The Balaban J connectivity index is 2.73. The van der Waals surface area contributed by atoms with Crippen LogP contribution in [0.25, 0.3) is 0 Å². The van der Waals surface area contributed by atoms with E-state index in [1.165, 1.54) is 0 Å². The molecule has 4 nitrogen and oxygen atoms in total. The van der Waals surface area contributed by atoms with Crippen LogP contribution >= 0.6 is 0 Å². The van der Waals surface area contributed by atoms with Crippen molar-refractivity contribution in [3.8, 4) is 0 Å². The van der Waals surface area contributed by atoms with E-state index in [1.807, 2.05) is 25.7 Å². The van der Waals surface area contributed by atoms with Crippen LogP contribution in [-0.2, 0) is 4.79 Å². The molecule has 0 radical (unpaired) electrons. The number of nitrogens with zero attached hydrogens (tertiary/aromatic N) is 2. The number of hydrogen-bond donors (Lipinski definition) is 1. The van der Waals surface area contributed by atoms with Gasteiger partial charge in [-0.05, 0) is 18.3 Å². The second-order valence-corrected chi connectivity index (χ2v) is 6.79. The van der Waals surface area contributed by atoms with Crippen LogP contribution in [0.2, 0.25) is 0 Å². The largest absolute Gasteiger partial charge is 0.406 e. The van der Waals surface area contributed by atoms with E-state index in [-0.39, 0.29) is 18.6 Å². The molecular weight excluding hydrogens is 285 g/mol. The Morgan fingerprint density at radius 1 is 1.33 bits per heavy atom. The highest BCUT2D eigenvalue weighted by atomic mass is 19.4. The van der Waals surface area contributed by atoms with Crippen molar-refractivity contribution in [1.82, 2.24) is 9.80 Å². The number of alkyl halides is 3. The van der Waals surface area contributed by atoms with Gasteiger partial charge < -0.3 is 10.0 Å². The number of rotatable bonds is 6. The molecular formula is C14H25F3N2O2. The minimum absolute atomic E-state index is 0.00776. The normalized spacial score (nSPS) is 20.7. The van der Waals surface area contributed by atoms with Gasteiger partial charge in [0.05, 0.1) is 6.04 Å². The van der Waals surface area contributed by atoms with E-state index in [2.05, 4.69) is 0 Å². The fourth-order valence-electron chi connectivity index (χ4n) is 2.66. The van der Waals surface area contributed by atoms with Crippen molar-refractivity contribution in [2.75, 3.05) is 32.8 Å². The number of carbonyl (C=O) groups is 1. The van der Waals surface area contributed by atoms with E-state index in [0.717, 1.165) is 4.90 Å². The molecule has 1 heterocycles. The lowest BCUT2D eigenvalue weighted by Crippen LogP contribution is -2.47. The van der Waals surface area contributed by atoms with Crippen LogP contribution in [0.5, 0.6) is 0 Å². The van der Waals surface area contributed by atoms with Crippen molar-refractivity contribution in [1.29, 1.82) is 0 Å². The molecule has 1 rings (SSSR count). The second kappa shape index (κ2) is 6.96. The summed E-state index contributed by atoms with van der Waals surface area (Å²) in [6.07, 6.45) is -3.43. The SMILES string of the molecule is CC(C)(C)CN(CCCO)C1CCN(CC(F)(F)F)C1=O. The highest BCUT2D eigenvalue weighted by Gasteiger charge is 2.41. The molecule has 0 saturated carbocycles. The fourth-order valence-corrected chi connectivity index (χ4v) is 2.66. The van der Waals surface area contributed by atoms with E-state index in [9.17, 15) is 18.0 Å². The molecule has 0 aromatic heterocycles. The van der Waals surface area contributed by atoms with Gasteiger partial charge in [-0.1, -0.05) is 20.8 Å². The van der Waals surface area contributed by atoms with Crippen molar-refractivity contribution in [3.05, 3.63) is 0 Å². The Hall–Kier alpha value is -0.820. The van der Waals surface area contributed by atoms with Gasteiger partial charge in [0, 0.05) is 26.2 Å². The molecule has 1 amide bonds. The van der Waals surface area contributed by atoms with Gasteiger partial charge in [-0.3, -0.25) is 9.69 Å². The van der Waals surface area contributed by atoms with Crippen LogP contribution in [-0.4, -0.2) is 65.8 Å². The summed E-state index contributed by atoms with van der Waals surface area (Å²) in [5.74, 6) is -0.450. The summed E-state index contributed by atoms with van der Waals surface area (Å²) in [5, 5.41) is 8.96. The number of amides is 1. The lowest BCUT2D eigenvalue weighted by atomic mass is 9.95. The first-order chi connectivity index (χ1) is 9.53. The Kier molecular flexibility index (Phi) is 6.04. The third-order valence-corrected chi connectivity index (χ3v) is 3.36. The summed E-state index contributed by atoms with van der Waals surface area (Å²) in [6.45, 7) is 6.17. The molecule has 1 aliphatic heterocycles. The van der Waals surface area contributed by atoms with Gasteiger partial charge >= 0.3 is 6.18 Å². The lowest BCUT2D eigenvalue weighted by molar-refractivity contribution is -0.159. The van der Waals surface area contributed by atoms with E-state index in [1.54, 1.807) is 0 Å². The van der Waals surface area contributed by atoms with Crippen LogP contribution in [0.15, 0.2) is 0 Å². The van der Waals surface area contributed by atoms with Crippen LogP contribution < -0.4 is 0 Å². The molecule has 0 bridgehead atoms. The molecule has 7 heteroatoms. The summed E-state index contributed by atoms with van der Waals surface area (Å²) >= 11 is 0. The average Bonchev–Trinajstić information content (AvgIpc) is 2.63. The average molecular weight is 310 g/mol. The zero-order valence-electron chi connectivity index (χ0n) is 12.9. The minimum Gasteiger partial charge on any atom is -0.396 e. The molecule has 1 saturated heterocycles. The summed E-state index contributed by atoms with van der Waals surface area (Å²) < 4.78 is 37.3. The minimum atomic E-state index is -4.36. The maximum Gasteiger partial charge on any atom is 0.406 e. The van der Waals surface area contributed by atoms with Crippen molar-refractivity contribution < 1.29 is 23.1 Å². The monoisotopic (exact) mass is 310 g/mol. The van der Waals surface area contributed by atoms with Crippen molar-refractivity contribution in [3.63, 3.8) is 0 Å². The van der Waals surface area contributed by atoms with Crippen LogP contribution in [0.1, 0.15) is 33.6 Å². The zero-order valence-corrected chi connectivity index (χ0v) is 12.9. The first-order valence-corrected chi connectivity index (χ1v) is 7.24. The van der Waals surface area contributed by atoms with Crippen LogP contribution in [0.4, 0.5) is 13.2 Å². The standard InChI is InChI=1S/C14H25F3N2O2/c1-13(2,3)9-18(6-4-8-20)11-5-7-19(12(11)21)10-14(15,16)17/h11,20H,4-10H2,1-3H3. The van der Waals surface area contributed by atoms with Gasteiger partial charge in [-0.15, -0.1) is 0 Å². The fraction of sp³-hybridized carbons (Fsp3) is 0.929. The molecule has 124 valence electrons. The lowest BCUT2D eigenvalue weighted by Gasteiger charge is -2.33. The van der Waals surface area contributed by atoms with Gasteiger partial charge in [0.15, 0.2) is 0 Å². The van der Waals surface area contributed by atoms with E-state index in [4.69, 9.17) is 5.11 Å². The molecule has 0 aromatic rings. The molecule has 0 spiro atoms. The molecule has 0 aromatic carbocycles. The van der Waals surface area contributed by atoms with Gasteiger partial charge in [0.1, 0.15) is 6.54 Å². The highest BCUT2D eigenvalue weighted by molar-refractivity contribution is 5.84. The van der Waals surface area contributed by atoms with Gasteiger partial charge in [-0.2, -0.15) is 13.2 Å². The van der Waals surface area contributed by atoms with E-state index >= 15 is 0 Å². The molecule has 0 aliphatic carbocycles. The molecule has 1 unspecified atom stereocenters. The van der Waals surface area contributed by atoms with Gasteiger partial charge in [0.25, 0.3) is 0 Å². The second-order valence-electron chi connectivity index (χ2n) is 6.79. The van der Waals surface area contributed by atoms with Crippen molar-refractivity contribution in [2.45, 2.75) is 45.8 Å². The molecule has 21 heavy (non-hydrogen) atoms. The summed E-state index contributed by atoms with van der Waals surface area (Å²) in [7, 11) is 0. The van der Waals surface area contributed by atoms with Crippen LogP contribution in [0.3, 0.4) is 0 Å². The topological polar surface area (TPSA) is 43.8 Å². The smallest absolute Gasteiger partial charge is 0.396 e. The Bertz CT molecular complexity index is 353. The zero-order chi connectivity index (χ0) is 16.3. The number of aliphatic hydroxyl groups excluding tert-OH is 1. The summed E-state index contributed by atoms with van der Waals surface area (Å²) in [6, 6.07) is -0.502. The quantitative estimate of drug-likeness (QED) is 0.815. The molecule has 1 atom stereocenters. The molecule has 1 aliphatic rings. The predicted molar refractivity (Wildman–Crippen MR) is 73.8 cm³/mol. The Labute approximate surface area is 123 Å². The first-order valence-electron chi connectivity index (χ1n) is 7.24. The summed E-state index contributed by atoms with van der Waals surface area (Å²) in [4.78, 5) is 15.0. The van der Waals surface area contributed by atoms with Crippen molar-refractivity contribution in [2.24, 2.45) is 5.41 Å². The third kappa shape index (κ3) is 6.22. The highest BCUT2D eigenvalue weighted by Crippen LogP contribution is 2.26. The Morgan fingerprint density at radius 3 is 2.43 bits per heavy atom. The summed E-state index contributed by atoms with van der Waals surface area (Å²) in [5.41, 5.74) is -0.0623. The van der Waals surface area contributed by atoms with E-state index in [0.29, 0.717) is 25.9 Å². The maximum absolute atomic E-state index is 12.4. The number of halogens is 3. The van der Waals surface area contributed by atoms with Crippen LogP contribution in [0, 0.1) is 5.41 Å². The number of aliphatic hydroxyl groups is 1. The van der Waals surface area contributed by atoms with Crippen molar-refractivity contribution >= 4 is 5.91 Å². The number of carbonyl (C=O) groups excluding carboxylic acids is 1. The van der Waals surface area contributed by atoms with E-state index < -0.39 is 24.7 Å². The predicted octanol–water partition coefficient (Wildman–Crippen LogP) is 1.88.